The number of benzene rings is 1. The van der Waals surface area contributed by atoms with Gasteiger partial charge in [-0.05, 0) is 28.1 Å². The van der Waals surface area contributed by atoms with Gasteiger partial charge in [-0.3, -0.25) is 14.9 Å². The molecule has 0 aliphatic heterocycles. The molecule has 0 radical (unpaired) electrons. The molecule has 1 aromatic carbocycles. The molecule has 0 spiro atoms. The topological polar surface area (TPSA) is 126 Å². The van der Waals surface area contributed by atoms with Gasteiger partial charge in [-0.15, -0.1) is 0 Å². The third-order valence-corrected chi connectivity index (χ3v) is 4.80. The van der Waals surface area contributed by atoms with E-state index < -0.39 is 30.6 Å². The number of halogens is 4. The summed E-state index contributed by atoms with van der Waals surface area (Å²) in [5.41, 5.74) is -0.686. The Morgan fingerprint density at radius 2 is 1.91 bits per heavy atom. The number of alkyl halides is 3. The molecule has 2 heterocycles. The molecule has 0 unspecified atom stereocenters. The molecule has 3 rings (SSSR count). The van der Waals surface area contributed by atoms with Crippen molar-refractivity contribution in [3.8, 4) is 22.6 Å². The monoisotopic (exact) mass is 487 g/mol. The van der Waals surface area contributed by atoms with E-state index in [-0.39, 0.29) is 22.2 Å². The van der Waals surface area contributed by atoms with Crippen molar-refractivity contribution in [3.05, 3.63) is 39.3 Å². The minimum absolute atomic E-state index is 0.0445. The molecule has 176 valence electrons. The minimum Gasteiger partial charge on any atom is -0.493 e. The Balaban J connectivity index is 1.98. The van der Waals surface area contributed by atoms with Crippen LogP contribution in [-0.2, 0) is 13.6 Å². The van der Waals surface area contributed by atoms with Crippen molar-refractivity contribution >= 4 is 23.5 Å². The number of tetrazole rings is 1. The lowest BCUT2D eigenvalue weighted by atomic mass is 10.1. The van der Waals surface area contributed by atoms with Crippen molar-refractivity contribution in [1.82, 2.24) is 30.0 Å². The average Bonchev–Trinajstić information content (AvgIpc) is 3.21. The summed E-state index contributed by atoms with van der Waals surface area (Å²) in [4.78, 5) is 25.5. The number of hydrogen-bond acceptors (Lipinski definition) is 8. The van der Waals surface area contributed by atoms with Gasteiger partial charge in [-0.2, -0.15) is 18.3 Å². The van der Waals surface area contributed by atoms with Crippen molar-refractivity contribution in [3.63, 3.8) is 0 Å². The number of carbonyl (C=O) groups is 1. The van der Waals surface area contributed by atoms with E-state index in [2.05, 4.69) is 25.9 Å². The molecule has 0 fully saturated rings. The van der Waals surface area contributed by atoms with Gasteiger partial charge in [0.1, 0.15) is 0 Å². The van der Waals surface area contributed by atoms with Gasteiger partial charge >= 0.3 is 6.18 Å². The summed E-state index contributed by atoms with van der Waals surface area (Å²) in [6, 6.07) is 4.60. The van der Waals surface area contributed by atoms with Crippen LogP contribution in [0.4, 0.5) is 19.1 Å². The van der Waals surface area contributed by atoms with Gasteiger partial charge in [0.05, 0.1) is 37.8 Å². The number of methoxy groups -OCH3 is 2. The minimum atomic E-state index is -4.44. The Morgan fingerprint density at radius 3 is 2.55 bits per heavy atom. The molecular weight excluding hydrogens is 471 g/mol. The van der Waals surface area contributed by atoms with Crippen LogP contribution in [0.25, 0.3) is 11.1 Å². The molecule has 0 aliphatic rings. The fourth-order valence-electron chi connectivity index (χ4n) is 2.84. The Kier molecular flexibility index (Phi) is 6.86. The first-order chi connectivity index (χ1) is 15.6. The number of carbonyl (C=O) groups excluding carboxylic acids is 1. The highest BCUT2D eigenvalue weighted by Crippen LogP contribution is 2.34. The van der Waals surface area contributed by atoms with E-state index in [0.29, 0.717) is 17.1 Å². The van der Waals surface area contributed by atoms with Gasteiger partial charge in [-0.25, -0.2) is 9.36 Å². The summed E-state index contributed by atoms with van der Waals surface area (Å²) >= 11 is 6.37. The smallest absolute Gasteiger partial charge is 0.390 e. The van der Waals surface area contributed by atoms with Gasteiger partial charge < -0.3 is 9.47 Å². The predicted octanol–water partition coefficient (Wildman–Crippen LogP) is 2.31. The van der Waals surface area contributed by atoms with Crippen molar-refractivity contribution in [2.75, 3.05) is 19.5 Å². The van der Waals surface area contributed by atoms with Crippen molar-refractivity contribution in [2.24, 2.45) is 7.05 Å². The largest absolute Gasteiger partial charge is 0.493 e. The van der Waals surface area contributed by atoms with Crippen LogP contribution in [0.15, 0.2) is 23.0 Å². The van der Waals surface area contributed by atoms with Gasteiger partial charge in [0, 0.05) is 7.05 Å². The van der Waals surface area contributed by atoms with Crippen LogP contribution < -0.4 is 20.3 Å². The Bertz CT molecular complexity index is 1240. The molecule has 15 heteroatoms. The zero-order valence-electron chi connectivity index (χ0n) is 17.5. The number of amides is 1. The molecular formula is C18H17ClF3N7O4. The highest BCUT2D eigenvalue weighted by Gasteiger charge is 2.28. The van der Waals surface area contributed by atoms with Crippen LogP contribution in [0, 0.1) is 0 Å². The number of rotatable bonds is 7. The molecule has 3 aromatic rings. The van der Waals surface area contributed by atoms with Gasteiger partial charge in [-0.1, -0.05) is 22.8 Å². The number of nitrogens with one attached hydrogen (secondary N) is 1. The van der Waals surface area contributed by atoms with Crippen LogP contribution in [0.3, 0.4) is 0 Å². The maximum Gasteiger partial charge on any atom is 0.390 e. The summed E-state index contributed by atoms with van der Waals surface area (Å²) in [5, 5.41) is 16.1. The molecule has 33 heavy (non-hydrogen) atoms. The second-order valence-electron chi connectivity index (χ2n) is 6.58. The first-order valence-corrected chi connectivity index (χ1v) is 9.57. The molecule has 1 N–H and O–H groups in total. The zero-order valence-corrected chi connectivity index (χ0v) is 18.2. The number of anilines is 1. The highest BCUT2D eigenvalue weighted by atomic mass is 35.5. The molecule has 0 atom stereocenters. The standard InChI is InChI=1S/C18H17ClF3N7O4/c1-28-16(31)12(9-4-5-10(32-2)11(8-9)33-3)13(19)14(25-28)15(30)23-17-24-26-27-29(17)7-6-18(20,21)22/h4-5,8H,6-7H2,1-3H3,(H,23,24,27,30). The average molecular weight is 488 g/mol. The Morgan fingerprint density at radius 1 is 1.21 bits per heavy atom. The summed E-state index contributed by atoms with van der Waals surface area (Å²) in [5.74, 6) is -0.546. The fourth-order valence-corrected chi connectivity index (χ4v) is 3.15. The van der Waals surface area contributed by atoms with E-state index in [1.165, 1.54) is 27.3 Å². The van der Waals surface area contributed by atoms with E-state index in [1.807, 2.05) is 0 Å². The van der Waals surface area contributed by atoms with E-state index in [1.54, 1.807) is 12.1 Å². The third kappa shape index (κ3) is 5.22. The van der Waals surface area contributed by atoms with E-state index in [0.717, 1.165) is 9.36 Å². The zero-order chi connectivity index (χ0) is 24.3. The fraction of sp³-hybridized carbons (Fsp3) is 0.333. The van der Waals surface area contributed by atoms with Crippen LogP contribution in [0.5, 0.6) is 11.5 Å². The molecule has 0 bridgehead atoms. The maximum absolute atomic E-state index is 12.8. The Labute approximate surface area is 189 Å². The van der Waals surface area contributed by atoms with Gasteiger partial charge in [0.2, 0.25) is 5.95 Å². The van der Waals surface area contributed by atoms with E-state index in [4.69, 9.17) is 21.1 Å². The lowest BCUT2D eigenvalue weighted by Crippen LogP contribution is -2.28. The van der Waals surface area contributed by atoms with E-state index >= 15 is 0 Å². The van der Waals surface area contributed by atoms with Crippen LogP contribution in [-0.4, -0.2) is 56.3 Å². The molecule has 1 amide bonds. The Hall–Kier alpha value is -3.68. The predicted molar refractivity (Wildman–Crippen MR) is 109 cm³/mol. The lowest BCUT2D eigenvalue weighted by Gasteiger charge is -2.13. The van der Waals surface area contributed by atoms with Crippen LogP contribution >= 0.6 is 11.6 Å². The third-order valence-electron chi connectivity index (χ3n) is 4.44. The first kappa shape index (κ1) is 24.0. The van der Waals surface area contributed by atoms with Crippen molar-refractivity contribution < 1.29 is 27.4 Å². The normalized spacial score (nSPS) is 11.4. The molecule has 11 nitrogen and oxygen atoms in total. The van der Waals surface area contributed by atoms with Gasteiger partial charge in [0.25, 0.3) is 11.5 Å². The second kappa shape index (κ2) is 9.44. The van der Waals surface area contributed by atoms with Gasteiger partial charge in [0.15, 0.2) is 17.2 Å². The summed E-state index contributed by atoms with van der Waals surface area (Å²) in [6.07, 6.45) is -5.65. The van der Waals surface area contributed by atoms with Crippen molar-refractivity contribution in [1.29, 1.82) is 0 Å². The molecule has 0 aliphatic carbocycles. The maximum atomic E-state index is 12.8. The molecule has 0 saturated carbocycles. The van der Waals surface area contributed by atoms with Crippen molar-refractivity contribution in [2.45, 2.75) is 19.1 Å². The van der Waals surface area contributed by atoms with Crippen LogP contribution in [0.2, 0.25) is 5.02 Å². The number of aryl methyl sites for hydroxylation is 2. The number of hydrogen-bond donors (Lipinski definition) is 1. The van der Waals surface area contributed by atoms with E-state index in [9.17, 15) is 22.8 Å². The number of aromatic nitrogens is 6. The van der Waals surface area contributed by atoms with Crippen LogP contribution in [0.1, 0.15) is 16.9 Å². The summed E-state index contributed by atoms with van der Waals surface area (Å²) < 4.78 is 49.6. The SMILES string of the molecule is COc1ccc(-c2c(Cl)c(C(=O)Nc3nnnn3CCC(F)(F)F)nn(C)c2=O)cc1OC. The number of ether oxygens (including phenoxy) is 2. The number of nitrogens with zero attached hydrogens (tertiary/aromatic N) is 6. The molecule has 2 aromatic heterocycles. The summed E-state index contributed by atoms with van der Waals surface area (Å²) in [7, 11) is 4.17. The summed E-state index contributed by atoms with van der Waals surface area (Å²) in [6.45, 7) is -0.614. The quantitative estimate of drug-likeness (QED) is 0.538. The first-order valence-electron chi connectivity index (χ1n) is 9.19. The highest BCUT2D eigenvalue weighted by molar-refractivity contribution is 6.36. The lowest BCUT2D eigenvalue weighted by molar-refractivity contribution is -0.137. The molecule has 0 saturated heterocycles. The second-order valence-corrected chi connectivity index (χ2v) is 6.96.